The van der Waals surface area contributed by atoms with Gasteiger partial charge >= 0.3 is 0 Å². The number of anilines is 1. The fraction of sp³-hybridized carbons (Fsp3) is 0.692. The molecular formula is C13H22N4O3S. The van der Waals surface area contributed by atoms with Gasteiger partial charge < -0.3 is 10.1 Å². The number of aromatic nitrogens is 2. The van der Waals surface area contributed by atoms with Gasteiger partial charge in [0.15, 0.2) is 0 Å². The number of nitrogens with zero attached hydrogens (tertiary/aromatic N) is 2. The number of sulfonamides is 1. The third-order valence-electron chi connectivity index (χ3n) is 3.56. The molecule has 1 aromatic heterocycles. The molecule has 1 aliphatic rings. The number of ether oxygens (including phenoxy) is 1. The van der Waals surface area contributed by atoms with Crippen molar-refractivity contribution in [1.82, 2.24) is 14.7 Å². The second-order valence-electron chi connectivity index (χ2n) is 4.99. The minimum atomic E-state index is -3.57. The van der Waals surface area contributed by atoms with E-state index in [9.17, 15) is 8.42 Å². The lowest BCUT2D eigenvalue weighted by Gasteiger charge is -2.17. The summed E-state index contributed by atoms with van der Waals surface area (Å²) in [6.45, 7) is 5.74. The van der Waals surface area contributed by atoms with Crippen LogP contribution in [0.2, 0.25) is 0 Å². The van der Waals surface area contributed by atoms with Gasteiger partial charge in [0.05, 0.1) is 18.5 Å². The monoisotopic (exact) mass is 314 g/mol. The zero-order valence-electron chi connectivity index (χ0n) is 12.4. The zero-order valence-corrected chi connectivity index (χ0v) is 13.2. The molecule has 2 N–H and O–H groups in total. The minimum absolute atomic E-state index is 0.0797. The molecule has 2 heterocycles. The second kappa shape index (κ2) is 7.15. The Balaban J connectivity index is 1.97. The maximum absolute atomic E-state index is 12.2. The molecule has 2 atom stereocenters. The molecule has 0 spiro atoms. The Hall–Kier alpha value is -1.25. The van der Waals surface area contributed by atoms with E-state index in [4.69, 9.17) is 4.74 Å². The third-order valence-corrected chi connectivity index (χ3v) is 4.94. The highest BCUT2D eigenvalue weighted by Gasteiger charge is 2.28. The molecule has 21 heavy (non-hydrogen) atoms. The van der Waals surface area contributed by atoms with Gasteiger partial charge in [0.1, 0.15) is 4.90 Å². The van der Waals surface area contributed by atoms with Crippen molar-refractivity contribution in [3.05, 3.63) is 12.4 Å². The predicted molar refractivity (Wildman–Crippen MR) is 79.5 cm³/mol. The van der Waals surface area contributed by atoms with Crippen LogP contribution in [0.4, 0.5) is 5.95 Å². The Morgan fingerprint density at radius 3 is 2.67 bits per heavy atom. The molecule has 1 fully saturated rings. The van der Waals surface area contributed by atoms with Crippen molar-refractivity contribution in [2.24, 2.45) is 5.92 Å². The molecule has 2 unspecified atom stereocenters. The lowest BCUT2D eigenvalue weighted by Crippen LogP contribution is -2.32. The standard InChI is InChI=1S/C13H22N4O3S/c1-3-12-10(5-6-20-12)7-17-21(18,19)11-8-15-13(14-4-2)16-9-11/h8-10,12,17H,3-7H2,1-2H3,(H,14,15,16). The van der Waals surface area contributed by atoms with Crippen molar-refractivity contribution < 1.29 is 13.2 Å². The van der Waals surface area contributed by atoms with Gasteiger partial charge in [0.25, 0.3) is 0 Å². The van der Waals surface area contributed by atoms with Crippen LogP contribution in [0.5, 0.6) is 0 Å². The van der Waals surface area contributed by atoms with Gasteiger partial charge in [-0.2, -0.15) is 0 Å². The SMILES string of the molecule is CCNc1ncc(S(=O)(=O)NCC2CCOC2CC)cn1. The number of hydrogen-bond donors (Lipinski definition) is 2. The Morgan fingerprint density at radius 1 is 1.33 bits per heavy atom. The first-order chi connectivity index (χ1) is 10.1. The van der Waals surface area contributed by atoms with Gasteiger partial charge in [-0.25, -0.2) is 23.1 Å². The molecule has 0 amide bonds. The van der Waals surface area contributed by atoms with Crippen molar-refractivity contribution in [3.8, 4) is 0 Å². The normalized spacial score (nSPS) is 22.4. The van der Waals surface area contributed by atoms with Gasteiger partial charge in [0, 0.05) is 25.6 Å². The molecule has 1 aromatic rings. The molecule has 8 heteroatoms. The quantitative estimate of drug-likeness (QED) is 0.780. The molecule has 7 nitrogen and oxygen atoms in total. The largest absolute Gasteiger partial charge is 0.378 e. The molecule has 1 saturated heterocycles. The maximum atomic E-state index is 12.2. The van der Waals surface area contributed by atoms with E-state index in [1.807, 2.05) is 13.8 Å². The summed E-state index contributed by atoms with van der Waals surface area (Å²) < 4.78 is 32.6. The summed E-state index contributed by atoms with van der Waals surface area (Å²) in [5.74, 6) is 0.651. The number of hydrogen-bond acceptors (Lipinski definition) is 6. The molecular weight excluding hydrogens is 292 g/mol. The highest BCUT2D eigenvalue weighted by atomic mass is 32.2. The van der Waals surface area contributed by atoms with Gasteiger partial charge in [0.2, 0.25) is 16.0 Å². The van der Waals surface area contributed by atoms with E-state index in [-0.39, 0.29) is 16.9 Å². The third kappa shape index (κ3) is 4.12. The van der Waals surface area contributed by atoms with Gasteiger partial charge in [-0.05, 0) is 19.8 Å². The lowest BCUT2D eigenvalue weighted by molar-refractivity contribution is 0.0884. The fourth-order valence-electron chi connectivity index (χ4n) is 2.38. The Kier molecular flexibility index (Phi) is 5.49. The van der Waals surface area contributed by atoms with Gasteiger partial charge in [-0.1, -0.05) is 6.92 Å². The molecule has 0 saturated carbocycles. The Labute approximate surface area is 125 Å². The smallest absolute Gasteiger partial charge is 0.243 e. The van der Waals surface area contributed by atoms with Crippen LogP contribution in [0.25, 0.3) is 0 Å². The van der Waals surface area contributed by atoms with Crippen molar-refractivity contribution in [2.75, 3.05) is 25.0 Å². The summed E-state index contributed by atoms with van der Waals surface area (Å²) in [5, 5.41) is 2.92. The van der Waals surface area contributed by atoms with Crippen LogP contribution in [-0.4, -0.2) is 44.2 Å². The summed E-state index contributed by atoms with van der Waals surface area (Å²) >= 11 is 0. The van der Waals surface area contributed by atoms with Crippen molar-refractivity contribution in [2.45, 2.75) is 37.7 Å². The van der Waals surface area contributed by atoms with Gasteiger partial charge in [-0.3, -0.25) is 0 Å². The van der Waals surface area contributed by atoms with Crippen LogP contribution >= 0.6 is 0 Å². The topological polar surface area (TPSA) is 93.2 Å². The maximum Gasteiger partial charge on any atom is 0.243 e. The molecule has 2 rings (SSSR count). The molecule has 0 radical (unpaired) electrons. The zero-order chi connectivity index (χ0) is 15.3. The average Bonchev–Trinajstić information content (AvgIpc) is 2.94. The van der Waals surface area contributed by atoms with Crippen molar-refractivity contribution in [3.63, 3.8) is 0 Å². The summed E-state index contributed by atoms with van der Waals surface area (Å²) in [7, 11) is -3.57. The van der Waals surface area contributed by atoms with Crippen LogP contribution in [0.3, 0.4) is 0 Å². The van der Waals surface area contributed by atoms with E-state index in [1.165, 1.54) is 12.4 Å². The molecule has 118 valence electrons. The first kappa shape index (κ1) is 16.1. The van der Waals surface area contributed by atoms with E-state index >= 15 is 0 Å². The van der Waals surface area contributed by atoms with Gasteiger partial charge in [-0.15, -0.1) is 0 Å². The molecule has 0 aromatic carbocycles. The van der Waals surface area contributed by atoms with E-state index < -0.39 is 10.0 Å². The average molecular weight is 314 g/mol. The van der Waals surface area contributed by atoms with Crippen LogP contribution in [0.1, 0.15) is 26.7 Å². The van der Waals surface area contributed by atoms with E-state index in [0.29, 0.717) is 25.6 Å². The van der Waals surface area contributed by atoms with Crippen molar-refractivity contribution in [1.29, 1.82) is 0 Å². The number of rotatable bonds is 7. The molecule has 0 bridgehead atoms. The first-order valence-corrected chi connectivity index (χ1v) is 8.72. The minimum Gasteiger partial charge on any atom is -0.378 e. The van der Waals surface area contributed by atoms with Crippen LogP contribution in [0, 0.1) is 5.92 Å². The van der Waals surface area contributed by atoms with Crippen molar-refractivity contribution >= 4 is 16.0 Å². The van der Waals surface area contributed by atoms with Crippen LogP contribution in [0.15, 0.2) is 17.3 Å². The Bertz CT molecular complexity index is 547. The highest BCUT2D eigenvalue weighted by molar-refractivity contribution is 7.89. The Morgan fingerprint density at radius 2 is 2.05 bits per heavy atom. The number of nitrogens with one attached hydrogen (secondary N) is 2. The van der Waals surface area contributed by atoms with Crippen LogP contribution in [-0.2, 0) is 14.8 Å². The summed E-state index contributed by atoms with van der Waals surface area (Å²) in [6.07, 6.45) is 4.55. The van der Waals surface area contributed by atoms with E-state index in [0.717, 1.165) is 12.8 Å². The predicted octanol–water partition coefficient (Wildman–Crippen LogP) is 1.00. The summed E-state index contributed by atoms with van der Waals surface area (Å²) in [4.78, 5) is 8.04. The second-order valence-corrected chi connectivity index (χ2v) is 6.76. The van der Waals surface area contributed by atoms with E-state index in [2.05, 4.69) is 20.0 Å². The lowest BCUT2D eigenvalue weighted by atomic mass is 10.0. The fourth-order valence-corrected chi connectivity index (χ4v) is 3.37. The van der Waals surface area contributed by atoms with E-state index in [1.54, 1.807) is 0 Å². The molecule has 1 aliphatic heterocycles. The first-order valence-electron chi connectivity index (χ1n) is 7.24. The van der Waals surface area contributed by atoms with Crippen LogP contribution < -0.4 is 10.0 Å². The molecule has 0 aliphatic carbocycles. The summed E-state index contributed by atoms with van der Waals surface area (Å²) in [5.41, 5.74) is 0. The summed E-state index contributed by atoms with van der Waals surface area (Å²) in [6, 6.07) is 0. The highest BCUT2D eigenvalue weighted by Crippen LogP contribution is 2.23.